The Kier molecular flexibility index (Phi) is 5.13. The zero-order valence-electron chi connectivity index (χ0n) is 16.1. The van der Waals surface area contributed by atoms with E-state index in [1.165, 1.54) is 0 Å². The maximum absolute atomic E-state index is 6.12. The third-order valence-corrected chi connectivity index (χ3v) is 6.13. The minimum absolute atomic E-state index is 0.00354. The summed E-state index contributed by atoms with van der Waals surface area (Å²) in [6, 6.07) is 14.0. The third-order valence-electron chi connectivity index (χ3n) is 5.10. The average Bonchev–Trinajstić information content (AvgIpc) is 3.36. The van der Waals surface area contributed by atoms with E-state index in [1.54, 1.807) is 17.5 Å². The summed E-state index contributed by atoms with van der Waals surface area (Å²) in [7, 11) is 0. The summed E-state index contributed by atoms with van der Waals surface area (Å²) >= 11 is 1.60. The van der Waals surface area contributed by atoms with E-state index >= 15 is 0 Å². The lowest BCUT2D eigenvalue weighted by Gasteiger charge is -2.18. The van der Waals surface area contributed by atoms with Crippen LogP contribution in [0.3, 0.4) is 0 Å². The number of aryl methyl sites for hydroxylation is 1. The first-order valence-electron chi connectivity index (χ1n) is 9.71. The van der Waals surface area contributed by atoms with Crippen LogP contribution in [0.25, 0.3) is 10.6 Å². The summed E-state index contributed by atoms with van der Waals surface area (Å²) in [6.45, 7) is 4.43. The SMILES string of the molecule is Cc1ccc(OC2CO[C@H]3CN(c4nnc(-c5ccccc5)s4)C[C@@H]3OC2)cn1. The molecule has 4 heterocycles. The second-order valence-electron chi connectivity index (χ2n) is 7.28. The number of anilines is 1. The molecule has 8 heteroatoms. The topological polar surface area (TPSA) is 69.6 Å². The number of hydrogen-bond donors (Lipinski definition) is 0. The number of nitrogens with zero attached hydrogens (tertiary/aromatic N) is 4. The smallest absolute Gasteiger partial charge is 0.208 e. The van der Waals surface area contributed by atoms with Crippen molar-refractivity contribution in [2.75, 3.05) is 31.2 Å². The Morgan fingerprint density at radius 2 is 1.76 bits per heavy atom. The molecular weight excluding hydrogens is 388 g/mol. The van der Waals surface area contributed by atoms with Gasteiger partial charge in [0.1, 0.15) is 29.1 Å². The molecule has 2 atom stereocenters. The van der Waals surface area contributed by atoms with E-state index in [-0.39, 0.29) is 18.3 Å². The van der Waals surface area contributed by atoms with Crippen molar-refractivity contribution in [2.45, 2.75) is 25.2 Å². The summed E-state index contributed by atoms with van der Waals surface area (Å²) in [5, 5.41) is 10.6. The lowest BCUT2D eigenvalue weighted by Crippen LogP contribution is -2.29. The second kappa shape index (κ2) is 8.06. The fourth-order valence-corrected chi connectivity index (χ4v) is 4.42. The van der Waals surface area contributed by atoms with E-state index in [9.17, 15) is 0 Å². The van der Waals surface area contributed by atoms with Gasteiger partial charge in [-0.05, 0) is 19.1 Å². The van der Waals surface area contributed by atoms with Crippen LogP contribution in [0.15, 0.2) is 48.7 Å². The molecule has 2 aromatic heterocycles. The zero-order valence-corrected chi connectivity index (χ0v) is 16.9. The van der Waals surface area contributed by atoms with Crippen molar-refractivity contribution in [3.05, 3.63) is 54.4 Å². The zero-order chi connectivity index (χ0) is 19.6. The van der Waals surface area contributed by atoms with Crippen LogP contribution in [0.5, 0.6) is 5.75 Å². The Hall–Kier alpha value is -2.55. The van der Waals surface area contributed by atoms with Gasteiger partial charge >= 0.3 is 0 Å². The summed E-state index contributed by atoms with van der Waals surface area (Å²) in [4.78, 5) is 6.47. The Morgan fingerprint density at radius 1 is 1.00 bits per heavy atom. The van der Waals surface area contributed by atoms with Crippen LogP contribution >= 0.6 is 11.3 Å². The highest BCUT2D eigenvalue weighted by molar-refractivity contribution is 7.18. The third kappa shape index (κ3) is 4.10. The number of fused-ring (bicyclic) bond motifs is 1. The van der Waals surface area contributed by atoms with Crippen LogP contribution in [-0.2, 0) is 9.47 Å². The molecule has 5 rings (SSSR count). The Balaban J connectivity index is 1.20. The van der Waals surface area contributed by atoms with E-state index in [0.29, 0.717) is 13.2 Å². The monoisotopic (exact) mass is 410 g/mol. The van der Waals surface area contributed by atoms with Gasteiger partial charge in [-0.15, -0.1) is 10.2 Å². The van der Waals surface area contributed by atoms with Crippen molar-refractivity contribution < 1.29 is 14.2 Å². The molecule has 150 valence electrons. The summed E-state index contributed by atoms with van der Waals surface area (Å²) in [6.07, 6.45) is 1.61. The molecule has 0 N–H and O–H groups in total. The first kappa shape index (κ1) is 18.5. The first-order valence-corrected chi connectivity index (χ1v) is 10.5. The van der Waals surface area contributed by atoms with E-state index < -0.39 is 0 Å². The maximum Gasteiger partial charge on any atom is 0.208 e. The standard InChI is InChI=1S/C21H22N4O3S/c1-14-7-8-16(9-22-14)28-17-12-26-18-10-25(11-19(18)27-13-17)21-24-23-20(29-21)15-5-3-2-4-6-15/h2-9,17-19H,10-13H2,1H3/t18-,19-/m0/s1. The first-order chi connectivity index (χ1) is 14.2. The highest BCUT2D eigenvalue weighted by Gasteiger charge is 2.39. The molecule has 0 saturated carbocycles. The minimum atomic E-state index is -0.134. The quantitative estimate of drug-likeness (QED) is 0.655. The molecule has 2 aliphatic rings. The van der Waals surface area contributed by atoms with E-state index in [4.69, 9.17) is 14.2 Å². The molecule has 0 radical (unpaired) electrons. The van der Waals surface area contributed by atoms with E-state index in [1.807, 2.05) is 49.4 Å². The van der Waals surface area contributed by atoms with Gasteiger partial charge in [-0.3, -0.25) is 4.98 Å². The molecule has 0 bridgehead atoms. The molecule has 29 heavy (non-hydrogen) atoms. The maximum atomic E-state index is 6.12. The molecule has 0 aliphatic carbocycles. The van der Waals surface area contributed by atoms with Crippen LogP contribution in [0.2, 0.25) is 0 Å². The van der Waals surface area contributed by atoms with Gasteiger partial charge in [0.15, 0.2) is 0 Å². The highest BCUT2D eigenvalue weighted by atomic mass is 32.1. The highest BCUT2D eigenvalue weighted by Crippen LogP contribution is 2.32. The van der Waals surface area contributed by atoms with Gasteiger partial charge < -0.3 is 19.1 Å². The van der Waals surface area contributed by atoms with Crippen molar-refractivity contribution in [1.82, 2.24) is 15.2 Å². The van der Waals surface area contributed by atoms with Crippen molar-refractivity contribution >= 4 is 16.5 Å². The second-order valence-corrected chi connectivity index (χ2v) is 8.24. The Morgan fingerprint density at radius 3 is 2.45 bits per heavy atom. The number of rotatable bonds is 4. The molecule has 0 unspecified atom stereocenters. The molecule has 3 aromatic rings. The van der Waals surface area contributed by atoms with E-state index in [2.05, 4.69) is 20.1 Å². The molecular formula is C21H22N4O3S. The van der Waals surface area contributed by atoms with Crippen LogP contribution < -0.4 is 9.64 Å². The van der Waals surface area contributed by atoms with Crippen LogP contribution in [0.1, 0.15) is 5.69 Å². The lowest BCUT2D eigenvalue weighted by atomic mass is 10.2. The number of aromatic nitrogens is 3. The number of pyridine rings is 1. The van der Waals surface area contributed by atoms with Gasteiger partial charge in [-0.2, -0.15) is 0 Å². The van der Waals surface area contributed by atoms with Crippen LogP contribution in [0, 0.1) is 6.92 Å². The van der Waals surface area contributed by atoms with Gasteiger partial charge in [0.05, 0.1) is 19.4 Å². The van der Waals surface area contributed by atoms with Gasteiger partial charge in [0, 0.05) is 24.3 Å². The predicted molar refractivity (Wildman–Crippen MR) is 110 cm³/mol. The van der Waals surface area contributed by atoms with Gasteiger partial charge in [0.2, 0.25) is 5.13 Å². The van der Waals surface area contributed by atoms with Crippen LogP contribution in [0.4, 0.5) is 5.13 Å². The number of hydrogen-bond acceptors (Lipinski definition) is 8. The van der Waals surface area contributed by atoms with Crippen molar-refractivity contribution in [2.24, 2.45) is 0 Å². The minimum Gasteiger partial charge on any atom is -0.484 e. The van der Waals surface area contributed by atoms with Gasteiger partial charge in [0.25, 0.3) is 0 Å². The molecule has 2 aliphatic heterocycles. The molecule has 2 fully saturated rings. The molecule has 0 amide bonds. The predicted octanol–water partition coefficient (Wildman–Crippen LogP) is 2.96. The molecule has 1 aromatic carbocycles. The molecule has 0 spiro atoms. The number of ether oxygens (including phenoxy) is 3. The average molecular weight is 410 g/mol. The summed E-state index contributed by atoms with van der Waals surface area (Å²) in [5.41, 5.74) is 2.05. The fraction of sp³-hybridized carbons (Fsp3) is 0.381. The van der Waals surface area contributed by atoms with Crippen LogP contribution in [-0.4, -0.2) is 59.8 Å². The van der Waals surface area contributed by atoms with Gasteiger partial charge in [-0.1, -0.05) is 41.7 Å². The van der Waals surface area contributed by atoms with Gasteiger partial charge in [-0.25, -0.2) is 0 Å². The van der Waals surface area contributed by atoms with E-state index in [0.717, 1.165) is 40.2 Å². The largest absolute Gasteiger partial charge is 0.484 e. The lowest BCUT2D eigenvalue weighted by molar-refractivity contribution is -0.00461. The normalized spacial score (nSPS) is 22.3. The number of benzene rings is 1. The fourth-order valence-electron chi connectivity index (χ4n) is 3.56. The summed E-state index contributed by atoms with van der Waals surface area (Å²) in [5.74, 6) is 0.740. The van der Waals surface area contributed by atoms with Crippen molar-refractivity contribution in [3.8, 4) is 16.3 Å². The molecule has 2 saturated heterocycles. The van der Waals surface area contributed by atoms with Crippen molar-refractivity contribution in [1.29, 1.82) is 0 Å². The Bertz CT molecular complexity index is 934. The van der Waals surface area contributed by atoms with Crippen molar-refractivity contribution in [3.63, 3.8) is 0 Å². The Labute approximate surface area is 173 Å². The molecule has 7 nitrogen and oxygen atoms in total. The summed E-state index contributed by atoms with van der Waals surface area (Å²) < 4.78 is 18.2.